The second kappa shape index (κ2) is 6.88. The topological polar surface area (TPSA) is 69.0 Å². The third-order valence-electron chi connectivity index (χ3n) is 4.44. The van der Waals surface area contributed by atoms with E-state index in [1.165, 1.54) is 0 Å². The van der Waals surface area contributed by atoms with E-state index in [2.05, 4.69) is 21.3 Å². The lowest BCUT2D eigenvalue weighted by Gasteiger charge is -2.35. The molecule has 0 radical (unpaired) electrons. The number of nitrogens with zero attached hydrogens (tertiary/aromatic N) is 3. The van der Waals surface area contributed by atoms with Crippen LogP contribution in [0.5, 0.6) is 0 Å². The van der Waals surface area contributed by atoms with Gasteiger partial charge in [0.05, 0.1) is 5.52 Å². The summed E-state index contributed by atoms with van der Waals surface area (Å²) in [6.07, 6.45) is 2.00. The summed E-state index contributed by atoms with van der Waals surface area (Å²) in [6, 6.07) is 12.0. The number of anilines is 1. The minimum absolute atomic E-state index is 0.00711. The number of nitrogens with one attached hydrogen (secondary N) is 1. The zero-order valence-corrected chi connectivity index (χ0v) is 14.1. The molecule has 1 unspecified atom stereocenters. The number of pyridine rings is 1. The molecule has 2 aromatic rings. The maximum absolute atomic E-state index is 12.0. The first-order valence-corrected chi connectivity index (χ1v) is 8.43. The van der Waals surface area contributed by atoms with E-state index >= 15 is 0 Å². The van der Waals surface area contributed by atoms with Gasteiger partial charge in [0.1, 0.15) is 11.8 Å². The highest BCUT2D eigenvalue weighted by molar-refractivity contribution is 5.92. The van der Waals surface area contributed by atoms with Crippen molar-refractivity contribution in [1.29, 1.82) is 5.26 Å². The van der Waals surface area contributed by atoms with Gasteiger partial charge in [-0.2, -0.15) is 5.26 Å². The number of aromatic nitrogens is 1. The van der Waals surface area contributed by atoms with Crippen LogP contribution in [0.1, 0.15) is 32.4 Å². The molecular formula is C19H22N4O. The van der Waals surface area contributed by atoms with Crippen molar-refractivity contribution in [2.24, 2.45) is 5.92 Å². The van der Waals surface area contributed by atoms with Gasteiger partial charge in [-0.1, -0.05) is 32.0 Å². The number of para-hydroxylation sites is 1. The summed E-state index contributed by atoms with van der Waals surface area (Å²) in [4.78, 5) is 18.6. The molecule has 2 heterocycles. The second-order valence-corrected chi connectivity index (χ2v) is 6.60. The van der Waals surface area contributed by atoms with Crippen LogP contribution in [-0.4, -0.2) is 30.0 Å². The van der Waals surface area contributed by atoms with Crippen LogP contribution in [0, 0.1) is 17.2 Å². The Morgan fingerprint density at radius 3 is 2.96 bits per heavy atom. The van der Waals surface area contributed by atoms with Crippen molar-refractivity contribution in [3.63, 3.8) is 0 Å². The Kier molecular flexibility index (Phi) is 4.66. The number of fused-ring (bicyclic) bond motifs is 1. The average Bonchev–Trinajstić information content (AvgIpc) is 2.60. The van der Waals surface area contributed by atoms with E-state index in [4.69, 9.17) is 0 Å². The van der Waals surface area contributed by atoms with Gasteiger partial charge in [-0.3, -0.25) is 4.79 Å². The van der Waals surface area contributed by atoms with Gasteiger partial charge in [-0.05, 0) is 25.0 Å². The van der Waals surface area contributed by atoms with Gasteiger partial charge in [-0.25, -0.2) is 4.98 Å². The minimum atomic E-state index is -0.00711. The Morgan fingerprint density at radius 1 is 1.42 bits per heavy atom. The van der Waals surface area contributed by atoms with Crippen LogP contribution in [0.25, 0.3) is 10.9 Å². The highest BCUT2D eigenvalue weighted by atomic mass is 16.1. The largest absolute Gasteiger partial charge is 0.369 e. The summed E-state index contributed by atoms with van der Waals surface area (Å²) >= 11 is 0. The molecule has 1 aliphatic heterocycles. The molecule has 0 aliphatic carbocycles. The number of carbonyl (C=O) groups is 1. The third-order valence-corrected chi connectivity index (χ3v) is 4.44. The molecule has 1 fully saturated rings. The molecule has 5 heteroatoms. The fourth-order valence-electron chi connectivity index (χ4n) is 3.16. The first-order valence-electron chi connectivity index (χ1n) is 8.43. The molecular weight excluding hydrogens is 300 g/mol. The maximum atomic E-state index is 12.0. The van der Waals surface area contributed by atoms with Crippen LogP contribution < -0.4 is 10.2 Å². The molecule has 0 saturated carbocycles. The van der Waals surface area contributed by atoms with Gasteiger partial charge in [0.15, 0.2) is 0 Å². The lowest BCUT2D eigenvalue weighted by atomic mass is 10.0. The third kappa shape index (κ3) is 3.33. The molecule has 1 saturated heterocycles. The molecule has 1 N–H and O–H groups in total. The molecule has 1 atom stereocenters. The molecule has 0 spiro atoms. The number of amides is 1. The van der Waals surface area contributed by atoms with Crippen molar-refractivity contribution in [1.82, 2.24) is 10.3 Å². The van der Waals surface area contributed by atoms with Crippen LogP contribution in [0.15, 0.2) is 30.3 Å². The Bertz CT molecular complexity index is 794. The van der Waals surface area contributed by atoms with Crippen LogP contribution in [0.4, 0.5) is 5.69 Å². The number of carbonyl (C=O) groups excluding carboxylic acids is 1. The van der Waals surface area contributed by atoms with Crippen molar-refractivity contribution in [2.75, 3.05) is 18.0 Å². The number of rotatable bonds is 3. The number of piperidine rings is 1. The van der Waals surface area contributed by atoms with Gasteiger partial charge in [-0.15, -0.1) is 0 Å². The zero-order valence-electron chi connectivity index (χ0n) is 14.1. The summed E-state index contributed by atoms with van der Waals surface area (Å²) in [5, 5.41) is 13.4. The molecule has 1 aromatic heterocycles. The van der Waals surface area contributed by atoms with Gasteiger partial charge < -0.3 is 10.2 Å². The first-order chi connectivity index (χ1) is 11.6. The van der Waals surface area contributed by atoms with E-state index in [1.807, 2.05) is 44.2 Å². The van der Waals surface area contributed by atoms with Crippen LogP contribution in [0.3, 0.4) is 0 Å². The fraction of sp³-hybridized carbons (Fsp3) is 0.421. The molecule has 0 bridgehead atoms. The fourth-order valence-corrected chi connectivity index (χ4v) is 3.16. The SMILES string of the molecule is CC(C)C(=O)NC1CCCN(c2cc(C#N)nc3ccccc23)C1. The standard InChI is InChI=1S/C19H22N4O/c1-13(2)19(24)22-14-6-5-9-23(12-14)18-10-15(11-20)21-17-8-4-3-7-16(17)18/h3-4,7-8,10,13-14H,5-6,9,12H2,1-2H3,(H,22,24). The monoisotopic (exact) mass is 322 g/mol. The predicted octanol–water partition coefficient (Wildman–Crippen LogP) is 2.85. The number of nitriles is 1. The van der Waals surface area contributed by atoms with E-state index in [1.54, 1.807) is 0 Å². The van der Waals surface area contributed by atoms with Crippen molar-refractivity contribution in [2.45, 2.75) is 32.7 Å². The number of benzene rings is 1. The molecule has 1 aliphatic rings. The molecule has 3 rings (SSSR count). The molecule has 1 aromatic carbocycles. The zero-order chi connectivity index (χ0) is 17.1. The van der Waals surface area contributed by atoms with E-state index in [0.29, 0.717) is 5.69 Å². The summed E-state index contributed by atoms with van der Waals surface area (Å²) in [5.74, 6) is 0.0893. The number of hydrogen-bond donors (Lipinski definition) is 1. The van der Waals surface area contributed by atoms with Gasteiger partial charge in [0.2, 0.25) is 5.91 Å². The summed E-state index contributed by atoms with van der Waals surface area (Å²) in [7, 11) is 0. The van der Waals surface area contributed by atoms with Crippen LogP contribution in [-0.2, 0) is 4.79 Å². The summed E-state index contributed by atoms with van der Waals surface area (Å²) in [6.45, 7) is 5.50. The maximum Gasteiger partial charge on any atom is 0.222 e. The molecule has 124 valence electrons. The number of hydrogen-bond acceptors (Lipinski definition) is 4. The van der Waals surface area contributed by atoms with E-state index in [9.17, 15) is 10.1 Å². The summed E-state index contributed by atoms with van der Waals surface area (Å²) < 4.78 is 0. The molecule has 1 amide bonds. The first kappa shape index (κ1) is 16.3. The van der Waals surface area contributed by atoms with Gasteiger partial charge in [0, 0.05) is 36.1 Å². The average molecular weight is 322 g/mol. The Balaban J connectivity index is 1.89. The highest BCUT2D eigenvalue weighted by Gasteiger charge is 2.24. The molecule has 24 heavy (non-hydrogen) atoms. The van der Waals surface area contributed by atoms with E-state index in [-0.39, 0.29) is 17.9 Å². The second-order valence-electron chi connectivity index (χ2n) is 6.60. The van der Waals surface area contributed by atoms with Crippen molar-refractivity contribution < 1.29 is 4.79 Å². The lowest BCUT2D eigenvalue weighted by molar-refractivity contribution is -0.124. The van der Waals surface area contributed by atoms with Crippen molar-refractivity contribution in [3.05, 3.63) is 36.0 Å². The van der Waals surface area contributed by atoms with Crippen LogP contribution >= 0.6 is 0 Å². The normalized spacial score (nSPS) is 17.8. The quantitative estimate of drug-likeness (QED) is 0.943. The van der Waals surface area contributed by atoms with E-state index < -0.39 is 0 Å². The van der Waals surface area contributed by atoms with E-state index in [0.717, 1.165) is 42.5 Å². The Labute approximate surface area is 142 Å². The Hall–Kier alpha value is -2.61. The highest BCUT2D eigenvalue weighted by Crippen LogP contribution is 2.29. The summed E-state index contributed by atoms with van der Waals surface area (Å²) in [5.41, 5.74) is 2.29. The van der Waals surface area contributed by atoms with Gasteiger partial charge in [0.25, 0.3) is 0 Å². The lowest BCUT2D eigenvalue weighted by Crippen LogP contribution is -2.48. The van der Waals surface area contributed by atoms with Crippen molar-refractivity contribution in [3.8, 4) is 6.07 Å². The van der Waals surface area contributed by atoms with Crippen LogP contribution in [0.2, 0.25) is 0 Å². The smallest absolute Gasteiger partial charge is 0.222 e. The Morgan fingerprint density at radius 2 is 2.21 bits per heavy atom. The minimum Gasteiger partial charge on any atom is -0.369 e. The van der Waals surface area contributed by atoms with Gasteiger partial charge >= 0.3 is 0 Å². The molecule has 5 nitrogen and oxygen atoms in total. The van der Waals surface area contributed by atoms with Crippen molar-refractivity contribution >= 4 is 22.5 Å². The predicted molar refractivity (Wildman–Crippen MR) is 94.7 cm³/mol.